The third kappa shape index (κ3) is 2.28. The van der Waals surface area contributed by atoms with Crippen LogP contribution in [0.25, 0.3) is 0 Å². The molecule has 0 spiro atoms. The number of hydrogen-bond acceptors (Lipinski definition) is 3. The van der Waals surface area contributed by atoms with Crippen LogP contribution in [0, 0.1) is 17.8 Å². The largest absolute Gasteiger partial charge is 0.302 e. The minimum absolute atomic E-state index is 0.237. The Labute approximate surface area is 124 Å². The van der Waals surface area contributed by atoms with Crippen LogP contribution in [0.5, 0.6) is 0 Å². The van der Waals surface area contributed by atoms with Crippen LogP contribution in [0.2, 0.25) is 0 Å². The molecule has 1 N–H and O–H groups in total. The molecule has 108 valence electrons. The maximum atomic E-state index is 12.4. The molecule has 0 aliphatic heterocycles. The Morgan fingerprint density at radius 3 is 2.85 bits per heavy atom. The molecule has 1 aromatic heterocycles. The number of nitrogens with one attached hydrogen (secondary N) is 1. The summed E-state index contributed by atoms with van der Waals surface area (Å²) in [7, 11) is 0. The first-order valence-electron chi connectivity index (χ1n) is 8.09. The van der Waals surface area contributed by atoms with Gasteiger partial charge in [-0.15, -0.1) is 11.3 Å². The maximum absolute atomic E-state index is 12.4. The molecule has 2 saturated carbocycles. The van der Waals surface area contributed by atoms with Gasteiger partial charge in [0, 0.05) is 10.8 Å². The molecule has 3 unspecified atom stereocenters. The number of anilines is 1. The second-order valence-corrected chi connectivity index (χ2v) is 7.80. The lowest BCUT2D eigenvalue weighted by Crippen LogP contribution is -2.27. The highest BCUT2D eigenvalue weighted by Crippen LogP contribution is 2.48. The lowest BCUT2D eigenvalue weighted by atomic mass is 9.88. The number of carbonyl (C=O) groups excluding carboxylic acids is 1. The molecule has 2 bridgehead atoms. The number of carbonyl (C=O) groups is 1. The van der Waals surface area contributed by atoms with Crippen LogP contribution < -0.4 is 5.32 Å². The Morgan fingerprint density at radius 2 is 2.05 bits per heavy atom. The van der Waals surface area contributed by atoms with Crippen LogP contribution in [0.15, 0.2) is 0 Å². The van der Waals surface area contributed by atoms with Crippen molar-refractivity contribution in [3.05, 3.63) is 10.6 Å². The highest BCUT2D eigenvalue weighted by molar-refractivity contribution is 7.15. The van der Waals surface area contributed by atoms with E-state index in [1.807, 2.05) is 0 Å². The summed E-state index contributed by atoms with van der Waals surface area (Å²) in [5.41, 5.74) is 1.25. The number of nitrogens with zero attached hydrogens (tertiary/aromatic N) is 1. The van der Waals surface area contributed by atoms with E-state index in [1.54, 1.807) is 11.3 Å². The van der Waals surface area contributed by atoms with Crippen molar-refractivity contribution in [3.63, 3.8) is 0 Å². The summed E-state index contributed by atoms with van der Waals surface area (Å²) in [6, 6.07) is 0. The first kappa shape index (κ1) is 12.8. The monoisotopic (exact) mass is 290 g/mol. The van der Waals surface area contributed by atoms with Gasteiger partial charge in [-0.3, -0.25) is 4.79 Å². The van der Waals surface area contributed by atoms with Crippen LogP contribution in [-0.2, 0) is 17.6 Å². The summed E-state index contributed by atoms with van der Waals surface area (Å²) in [5.74, 6) is 1.97. The van der Waals surface area contributed by atoms with Crippen molar-refractivity contribution < 1.29 is 4.79 Å². The molecule has 20 heavy (non-hydrogen) atoms. The summed E-state index contributed by atoms with van der Waals surface area (Å²) in [5, 5.41) is 3.97. The number of thiazole rings is 1. The predicted octanol–water partition coefficient (Wildman–Crippen LogP) is 3.79. The van der Waals surface area contributed by atoms with E-state index in [2.05, 4.69) is 10.3 Å². The van der Waals surface area contributed by atoms with Crippen molar-refractivity contribution in [3.8, 4) is 0 Å². The molecule has 0 radical (unpaired) electrons. The van der Waals surface area contributed by atoms with Crippen molar-refractivity contribution in [2.45, 2.75) is 57.8 Å². The van der Waals surface area contributed by atoms with Crippen LogP contribution >= 0.6 is 11.3 Å². The Hall–Kier alpha value is -0.900. The molecule has 3 aliphatic rings. The second kappa shape index (κ2) is 5.14. The van der Waals surface area contributed by atoms with Gasteiger partial charge in [0.15, 0.2) is 5.13 Å². The van der Waals surface area contributed by atoms with Crippen molar-refractivity contribution >= 4 is 22.4 Å². The van der Waals surface area contributed by atoms with E-state index >= 15 is 0 Å². The number of amides is 1. The Kier molecular flexibility index (Phi) is 3.29. The fourth-order valence-electron chi connectivity index (χ4n) is 4.35. The van der Waals surface area contributed by atoms with E-state index in [4.69, 9.17) is 0 Å². The van der Waals surface area contributed by atoms with Gasteiger partial charge >= 0.3 is 0 Å². The van der Waals surface area contributed by atoms with Gasteiger partial charge in [-0.25, -0.2) is 4.98 Å². The molecule has 2 fully saturated rings. The summed E-state index contributed by atoms with van der Waals surface area (Å²) < 4.78 is 0. The third-order valence-electron chi connectivity index (χ3n) is 5.40. The molecular weight excluding hydrogens is 268 g/mol. The normalized spacial score (nSPS) is 31.9. The van der Waals surface area contributed by atoms with Crippen molar-refractivity contribution in [1.29, 1.82) is 0 Å². The highest BCUT2D eigenvalue weighted by atomic mass is 32.1. The third-order valence-corrected chi connectivity index (χ3v) is 6.47. The molecule has 0 saturated heterocycles. The summed E-state index contributed by atoms with van der Waals surface area (Å²) >= 11 is 1.71. The molecule has 1 heterocycles. The van der Waals surface area contributed by atoms with Crippen LogP contribution in [-0.4, -0.2) is 10.9 Å². The minimum Gasteiger partial charge on any atom is -0.302 e. The van der Waals surface area contributed by atoms with Gasteiger partial charge in [0.1, 0.15) is 0 Å². The van der Waals surface area contributed by atoms with Gasteiger partial charge in [-0.2, -0.15) is 0 Å². The topological polar surface area (TPSA) is 42.0 Å². The lowest BCUT2D eigenvalue weighted by molar-refractivity contribution is -0.121. The molecule has 3 aliphatic carbocycles. The molecule has 1 amide bonds. The molecule has 3 atom stereocenters. The Morgan fingerprint density at radius 1 is 1.15 bits per heavy atom. The Bertz CT molecular complexity index is 501. The summed E-state index contributed by atoms with van der Waals surface area (Å²) in [6.07, 6.45) is 11.1. The smallest absolute Gasteiger partial charge is 0.229 e. The minimum atomic E-state index is 0.237. The van der Waals surface area contributed by atoms with Gasteiger partial charge in [-0.05, 0) is 56.8 Å². The first-order valence-corrected chi connectivity index (χ1v) is 8.90. The summed E-state index contributed by atoms with van der Waals surface area (Å²) in [6.45, 7) is 0. The van der Waals surface area contributed by atoms with E-state index in [0.717, 1.165) is 30.3 Å². The number of rotatable bonds is 2. The SMILES string of the molecule is O=C(Nc1nc2c(s1)CCCCC2)C1CC2CCC1C2. The van der Waals surface area contributed by atoms with Crippen LogP contribution in [0.3, 0.4) is 0 Å². The van der Waals surface area contributed by atoms with E-state index in [1.165, 1.54) is 49.1 Å². The quantitative estimate of drug-likeness (QED) is 0.842. The average molecular weight is 290 g/mol. The maximum Gasteiger partial charge on any atom is 0.229 e. The summed E-state index contributed by atoms with van der Waals surface area (Å²) in [4.78, 5) is 18.5. The fraction of sp³-hybridized carbons (Fsp3) is 0.750. The first-order chi connectivity index (χ1) is 9.79. The number of fused-ring (bicyclic) bond motifs is 3. The van der Waals surface area contributed by atoms with E-state index in [9.17, 15) is 4.79 Å². The zero-order valence-electron chi connectivity index (χ0n) is 11.9. The predicted molar refractivity (Wildman–Crippen MR) is 80.9 cm³/mol. The molecule has 3 nitrogen and oxygen atoms in total. The number of aryl methyl sites for hydroxylation is 2. The van der Waals surface area contributed by atoms with E-state index in [-0.39, 0.29) is 11.8 Å². The second-order valence-electron chi connectivity index (χ2n) is 6.72. The van der Waals surface area contributed by atoms with Gasteiger partial charge in [0.25, 0.3) is 0 Å². The van der Waals surface area contributed by atoms with Crippen LogP contribution in [0.4, 0.5) is 5.13 Å². The van der Waals surface area contributed by atoms with E-state index in [0.29, 0.717) is 5.92 Å². The lowest BCUT2D eigenvalue weighted by Gasteiger charge is -2.19. The molecular formula is C16H22N2OS. The molecule has 4 heteroatoms. The zero-order valence-corrected chi connectivity index (χ0v) is 12.7. The number of aromatic nitrogens is 1. The van der Waals surface area contributed by atoms with Crippen LogP contribution in [0.1, 0.15) is 55.5 Å². The van der Waals surface area contributed by atoms with Gasteiger partial charge in [0.2, 0.25) is 5.91 Å². The van der Waals surface area contributed by atoms with Crippen molar-refractivity contribution in [2.24, 2.45) is 17.8 Å². The van der Waals surface area contributed by atoms with E-state index < -0.39 is 0 Å². The van der Waals surface area contributed by atoms with Gasteiger partial charge < -0.3 is 5.32 Å². The molecule has 0 aromatic carbocycles. The average Bonchev–Trinajstić information content (AvgIpc) is 3.12. The standard InChI is InChI=1S/C16H22N2OS/c19-15(12-9-10-6-7-11(12)8-10)18-16-17-13-4-2-1-3-5-14(13)20-16/h10-12H,1-9H2,(H,17,18,19). The Balaban J connectivity index is 1.45. The van der Waals surface area contributed by atoms with Crippen molar-refractivity contribution in [2.75, 3.05) is 5.32 Å². The fourth-order valence-corrected chi connectivity index (χ4v) is 5.40. The molecule has 1 aromatic rings. The highest BCUT2D eigenvalue weighted by Gasteiger charge is 2.43. The van der Waals surface area contributed by atoms with Gasteiger partial charge in [-0.1, -0.05) is 12.8 Å². The van der Waals surface area contributed by atoms with Crippen molar-refractivity contribution in [1.82, 2.24) is 4.98 Å². The zero-order chi connectivity index (χ0) is 13.5. The van der Waals surface area contributed by atoms with Gasteiger partial charge in [0.05, 0.1) is 5.69 Å². The molecule has 4 rings (SSSR count). The number of hydrogen-bond donors (Lipinski definition) is 1.